The molecule has 2 atom stereocenters. The fourth-order valence-corrected chi connectivity index (χ4v) is 2.89. The molecule has 1 nitrogen and oxygen atoms in total. The van der Waals surface area contributed by atoms with Crippen molar-refractivity contribution in [2.75, 3.05) is 0 Å². The van der Waals surface area contributed by atoms with Crippen molar-refractivity contribution in [3.05, 3.63) is 21.7 Å². The lowest BCUT2D eigenvalue weighted by Crippen LogP contribution is -1.86. The zero-order chi connectivity index (χ0) is 7.42. The zero-order valence-electron chi connectivity index (χ0n) is 6.37. The molecule has 3 rings (SSSR count). The molecule has 1 aromatic rings. The molecule has 1 heterocycles. The SMILES string of the molecule is Cc1nc2c(s1)C1CC1C=C2. The van der Waals surface area contributed by atoms with Crippen LogP contribution in [0.1, 0.15) is 27.9 Å². The lowest BCUT2D eigenvalue weighted by atomic mass is 10.1. The first-order valence-corrected chi connectivity index (χ1v) is 4.82. The van der Waals surface area contributed by atoms with E-state index in [2.05, 4.69) is 24.1 Å². The molecule has 11 heavy (non-hydrogen) atoms. The molecule has 0 radical (unpaired) electrons. The summed E-state index contributed by atoms with van der Waals surface area (Å²) in [4.78, 5) is 6.00. The minimum Gasteiger partial charge on any atom is -0.242 e. The maximum absolute atomic E-state index is 4.46. The summed E-state index contributed by atoms with van der Waals surface area (Å²) in [6.45, 7) is 2.09. The van der Waals surface area contributed by atoms with Crippen LogP contribution in [-0.2, 0) is 0 Å². The van der Waals surface area contributed by atoms with E-state index < -0.39 is 0 Å². The molecule has 0 saturated heterocycles. The molecule has 0 amide bonds. The number of aromatic nitrogens is 1. The highest BCUT2D eigenvalue weighted by atomic mass is 32.1. The largest absolute Gasteiger partial charge is 0.242 e. The molecule has 2 aliphatic carbocycles. The Labute approximate surface area is 69.8 Å². The Kier molecular flexibility index (Phi) is 0.946. The van der Waals surface area contributed by atoms with Crippen LogP contribution in [0.15, 0.2) is 6.08 Å². The van der Waals surface area contributed by atoms with Crippen LogP contribution < -0.4 is 0 Å². The maximum Gasteiger partial charge on any atom is 0.0904 e. The molecule has 0 aliphatic heterocycles. The number of thiazole rings is 1. The third-order valence-electron chi connectivity index (χ3n) is 2.47. The number of hydrogen-bond donors (Lipinski definition) is 0. The van der Waals surface area contributed by atoms with E-state index in [1.807, 2.05) is 11.3 Å². The van der Waals surface area contributed by atoms with Gasteiger partial charge in [0.25, 0.3) is 0 Å². The van der Waals surface area contributed by atoms with Gasteiger partial charge < -0.3 is 0 Å². The predicted octanol–water partition coefficient (Wildman–Crippen LogP) is 2.58. The third kappa shape index (κ3) is 0.732. The van der Waals surface area contributed by atoms with Crippen molar-refractivity contribution in [2.45, 2.75) is 19.3 Å². The number of allylic oxidation sites excluding steroid dienone is 1. The molecular formula is C9H9NS. The van der Waals surface area contributed by atoms with Crippen molar-refractivity contribution in [1.82, 2.24) is 4.98 Å². The van der Waals surface area contributed by atoms with Crippen LogP contribution in [0.25, 0.3) is 6.08 Å². The quantitative estimate of drug-likeness (QED) is 0.573. The smallest absolute Gasteiger partial charge is 0.0904 e. The Morgan fingerprint density at radius 3 is 3.45 bits per heavy atom. The summed E-state index contributed by atoms with van der Waals surface area (Å²) in [5.41, 5.74) is 1.24. The summed E-state index contributed by atoms with van der Waals surface area (Å²) < 4.78 is 0. The van der Waals surface area contributed by atoms with Gasteiger partial charge in [0, 0.05) is 10.8 Å². The van der Waals surface area contributed by atoms with Crippen LogP contribution >= 0.6 is 11.3 Å². The summed E-state index contributed by atoms with van der Waals surface area (Å²) in [6.07, 6.45) is 5.87. The minimum absolute atomic E-state index is 0.848. The van der Waals surface area contributed by atoms with Gasteiger partial charge in [0.2, 0.25) is 0 Å². The van der Waals surface area contributed by atoms with Crippen LogP contribution in [0.4, 0.5) is 0 Å². The molecule has 1 aromatic heterocycles. The minimum atomic E-state index is 0.848. The van der Waals surface area contributed by atoms with Crippen LogP contribution in [0.5, 0.6) is 0 Å². The lowest BCUT2D eigenvalue weighted by Gasteiger charge is -1.99. The average Bonchev–Trinajstić information content (AvgIpc) is 2.67. The van der Waals surface area contributed by atoms with Gasteiger partial charge in [-0.05, 0) is 25.3 Å². The third-order valence-corrected chi connectivity index (χ3v) is 3.58. The van der Waals surface area contributed by atoms with Gasteiger partial charge >= 0.3 is 0 Å². The van der Waals surface area contributed by atoms with E-state index in [1.54, 1.807) is 0 Å². The topological polar surface area (TPSA) is 12.9 Å². The molecule has 2 aliphatic rings. The predicted molar refractivity (Wildman–Crippen MR) is 46.7 cm³/mol. The van der Waals surface area contributed by atoms with Gasteiger partial charge in [-0.2, -0.15) is 0 Å². The van der Waals surface area contributed by atoms with Crippen LogP contribution in [-0.4, -0.2) is 4.98 Å². The van der Waals surface area contributed by atoms with E-state index in [0.717, 1.165) is 11.8 Å². The average molecular weight is 163 g/mol. The highest BCUT2D eigenvalue weighted by Gasteiger charge is 2.41. The van der Waals surface area contributed by atoms with Crippen molar-refractivity contribution >= 4 is 17.4 Å². The van der Waals surface area contributed by atoms with Crippen LogP contribution in [0.3, 0.4) is 0 Å². The first-order valence-electron chi connectivity index (χ1n) is 4.00. The van der Waals surface area contributed by atoms with Crippen molar-refractivity contribution in [3.8, 4) is 0 Å². The van der Waals surface area contributed by atoms with E-state index in [0.29, 0.717) is 0 Å². The van der Waals surface area contributed by atoms with Crippen molar-refractivity contribution in [1.29, 1.82) is 0 Å². The molecule has 1 fully saturated rings. The summed E-state index contributed by atoms with van der Waals surface area (Å²) in [6, 6.07) is 0. The van der Waals surface area contributed by atoms with Gasteiger partial charge in [-0.15, -0.1) is 11.3 Å². The molecule has 56 valence electrons. The number of hydrogen-bond acceptors (Lipinski definition) is 2. The Hall–Kier alpha value is -0.630. The molecule has 1 saturated carbocycles. The van der Waals surface area contributed by atoms with Crippen LogP contribution in [0.2, 0.25) is 0 Å². The number of fused-ring (bicyclic) bond motifs is 3. The Bertz CT molecular complexity index is 337. The monoisotopic (exact) mass is 163 g/mol. The van der Waals surface area contributed by atoms with Gasteiger partial charge in [-0.25, -0.2) is 4.98 Å². The van der Waals surface area contributed by atoms with Crippen molar-refractivity contribution in [2.24, 2.45) is 5.92 Å². The Morgan fingerprint density at radius 1 is 1.64 bits per heavy atom. The zero-order valence-corrected chi connectivity index (χ0v) is 7.19. The second-order valence-corrected chi connectivity index (χ2v) is 4.58. The van der Waals surface area contributed by atoms with E-state index in [9.17, 15) is 0 Å². The molecule has 0 N–H and O–H groups in total. The molecule has 2 unspecified atom stereocenters. The summed E-state index contributed by atoms with van der Waals surface area (Å²) >= 11 is 1.88. The van der Waals surface area contributed by atoms with Crippen molar-refractivity contribution < 1.29 is 0 Å². The van der Waals surface area contributed by atoms with Gasteiger partial charge in [0.15, 0.2) is 0 Å². The normalized spacial score (nSPS) is 31.4. The molecular weight excluding hydrogens is 154 g/mol. The van der Waals surface area contributed by atoms with E-state index in [-0.39, 0.29) is 0 Å². The Morgan fingerprint density at radius 2 is 2.55 bits per heavy atom. The summed E-state index contributed by atoms with van der Waals surface area (Å²) in [7, 11) is 0. The van der Waals surface area contributed by atoms with Crippen molar-refractivity contribution in [3.63, 3.8) is 0 Å². The van der Waals surface area contributed by atoms with E-state index >= 15 is 0 Å². The second-order valence-electron chi connectivity index (χ2n) is 3.35. The van der Waals surface area contributed by atoms with Gasteiger partial charge in [0.1, 0.15) is 0 Å². The summed E-state index contributed by atoms with van der Waals surface area (Å²) in [5.74, 6) is 1.71. The molecule has 2 heteroatoms. The Balaban J connectivity index is 2.23. The number of rotatable bonds is 0. The van der Waals surface area contributed by atoms with Gasteiger partial charge in [-0.1, -0.05) is 6.08 Å². The number of aryl methyl sites for hydroxylation is 1. The van der Waals surface area contributed by atoms with Gasteiger partial charge in [0.05, 0.1) is 10.7 Å². The van der Waals surface area contributed by atoms with E-state index in [4.69, 9.17) is 0 Å². The van der Waals surface area contributed by atoms with Crippen LogP contribution in [0, 0.1) is 12.8 Å². The standard InChI is InChI=1S/C9H9NS/c1-5-10-8-3-2-6-4-7(6)9(8)11-5/h2-3,6-7H,4H2,1H3. The highest BCUT2D eigenvalue weighted by molar-refractivity contribution is 7.11. The maximum atomic E-state index is 4.46. The highest BCUT2D eigenvalue weighted by Crippen LogP contribution is 2.54. The second kappa shape index (κ2) is 1.75. The van der Waals surface area contributed by atoms with Gasteiger partial charge in [-0.3, -0.25) is 0 Å². The molecule has 0 spiro atoms. The first kappa shape index (κ1) is 5.95. The molecule has 0 bridgehead atoms. The first-order chi connectivity index (χ1) is 5.34. The molecule has 0 aromatic carbocycles. The van der Waals surface area contributed by atoms with E-state index in [1.165, 1.54) is 22.0 Å². The fraction of sp³-hybridized carbons (Fsp3) is 0.444. The summed E-state index contributed by atoms with van der Waals surface area (Å²) in [5, 5.41) is 1.22. The lowest BCUT2D eigenvalue weighted by molar-refractivity contribution is 1.01. The number of nitrogens with zero attached hydrogens (tertiary/aromatic N) is 1. The fourth-order valence-electron chi connectivity index (χ4n) is 1.79.